The van der Waals surface area contributed by atoms with Crippen LogP contribution in [0.15, 0.2) is 92.9 Å². The van der Waals surface area contributed by atoms with Crippen LogP contribution in [0.2, 0.25) is 0 Å². The smallest absolute Gasteiger partial charge is 0.0934 e. The second kappa shape index (κ2) is 19.0. The number of allylic oxidation sites excluding steroid dienone is 12. The molecule has 0 N–H and O–H groups in total. The molecule has 0 aliphatic rings. The van der Waals surface area contributed by atoms with Gasteiger partial charge < -0.3 is 4.42 Å². The van der Waals surface area contributed by atoms with Crippen molar-refractivity contribution in [2.75, 3.05) is 0 Å². The average molecular weight is 477 g/mol. The van der Waals surface area contributed by atoms with Crippen LogP contribution < -0.4 is 0 Å². The Bertz CT molecular complexity index is 877. The fourth-order valence-electron chi connectivity index (χ4n) is 3.96. The lowest BCUT2D eigenvalue weighted by molar-refractivity contribution is 0.564. The molecule has 1 nitrogen and oxygen atoms in total. The van der Waals surface area contributed by atoms with E-state index in [-0.39, 0.29) is 0 Å². The van der Waals surface area contributed by atoms with Crippen LogP contribution >= 0.6 is 0 Å². The second-order valence-electron chi connectivity index (χ2n) is 10.6. The molecule has 0 saturated heterocycles. The summed E-state index contributed by atoms with van der Waals surface area (Å²) in [5.41, 5.74) is 10.2. The minimum Gasteiger partial charge on any atom is -0.472 e. The predicted molar refractivity (Wildman–Crippen MR) is 157 cm³/mol. The van der Waals surface area contributed by atoms with E-state index in [1.54, 1.807) is 6.26 Å². The number of aryl methyl sites for hydroxylation is 1. The highest BCUT2D eigenvalue weighted by atomic mass is 16.3. The molecule has 0 atom stereocenters. The first-order valence-electron chi connectivity index (χ1n) is 13.7. The van der Waals surface area contributed by atoms with Gasteiger partial charge in [-0.2, -0.15) is 0 Å². The summed E-state index contributed by atoms with van der Waals surface area (Å²) < 4.78 is 5.13. The highest BCUT2D eigenvalue weighted by Crippen LogP contribution is 2.16. The van der Waals surface area contributed by atoms with Gasteiger partial charge in [-0.05, 0) is 131 Å². The summed E-state index contributed by atoms with van der Waals surface area (Å²) in [6, 6.07) is 2.05. The second-order valence-corrected chi connectivity index (χ2v) is 10.6. The van der Waals surface area contributed by atoms with Gasteiger partial charge in [0.1, 0.15) is 0 Å². The summed E-state index contributed by atoms with van der Waals surface area (Å²) in [5.74, 6) is 0. The molecule has 1 aromatic rings. The van der Waals surface area contributed by atoms with Crippen molar-refractivity contribution in [1.82, 2.24) is 0 Å². The van der Waals surface area contributed by atoms with E-state index in [0.29, 0.717) is 0 Å². The van der Waals surface area contributed by atoms with Gasteiger partial charge in [-0.25, -0.2) is 0 Å². The number of furan rings is 1. The van der Waals surface area contributed by atoms with Crippen molar-refractivity contribution in [1.29, 1.82) is 0 Å². The van der Waals surface area contributed by atoms with Crippen LogP contribution in [0.3, 0.4) is 0 Å². The van der Waals surface area contributed by atoms with Gasteiger partial charge in [0.2, 0.25) is 0 Å². The molecule has 0 saturated carbocycles. The Hall–Kier alpha value is -2.28. The normalized spacial score (nSPS) is 14.0. The molecule has 0 fully saturated rings. The van der Waals surface area contributed by atoms with E-state index in [9.17, 15) is 0 Å². The van der Waals surface area contributed by atoms with Crippen LogP contribution in [-0.2, 0) is 6.42 Å². The van der Waals surface area contributed by atoms with Crippen molar-refractivity contribution in [2.45, 2.75) is 119 Å². The lowest BCUT2D eigenvalue weighted by Gasteiger charge is -2.03. The molecule has 1 heteroatoms. The summed E-state index contributed by atoms with van der Waals surface area (Å²) in [4.78, 5) is 0. The first kappa shape index (κ1) is 30.8. The van der Waals surface area contributed by atoms with Crippen LogP contribution in [0, 0.1) is 0 Å². The van der Waals surface area contributed by atoms with Gasteiger partial charge in [0, 0.05) is 0 Å². The van der Waals surface area contributed by atoms with E-state index < -0.39 is 0 Å². The van der Waals surface area contributed by atoms with Crippen LogP contribution in [-0.4, -0.2) is 0 Å². The molecule has 0 amide bonds. The van der Waals surface area contributed by atoms with Crippen molar-refractivity contribution in [2.24, 2.45) is 0 Å². The van der Waals surface area contributed by atoms with Gasteiger partial charge in [-0.15, -0.1) is 0 Å². The molecular weight excluding hydrogens is 424 g/mol. The lowest BCUT2D eigenvalue weighted by atomic mass is 10.0. The van der Waals surface area contributed by atoms with Crippen LogP contribution in [0.25, 0.3) is 0 Å². The zero-order valence-electron chi connectivity index (χ0n) is 23.9. The van der Waals surface area contributed by atoms with E-state index in [1.807, 2.05) is 6.26 Å². The van der Waals surface area contributed by atoms with Gasteiger partial charge in [-0.3, -0.25) is 0 Å². The average Bonchev–Trinajstić information content (AvgIpc) is 3.31. The van der Waals surface area contributed by atoms with Crippen molar-refractivity contribution in [3.63, 3.8) is 0 Å². The van der Waals surface area contributed by atoms with Gasteiger partial charge in [0.05, 0.1) is 12.5 Å². The van der Waals surface area contributed by atoms with E-state index in [2.05, 4.69) is 91.0 Å². The lowest BCUT2D eigenvalue weighted by Crippen LogP contribution is -1.84. The number of hydrogen-bond acceptors (Lipinski definition) is 1. The summed E-state index contributed by atoms with van der Waals surface area (Å²) in [6.07, 6.45) is 30.6. The van der Waals surface area contributed by atoms with E-state index in [0.717, 1.165) is 51.4 Å². The molecule has 35 heavy (non-hydrogen) atoms. The minimum atomic E-state index is 1.07. The number of hydrogen-bond donors (Lipinski definition) is 0. The Morgan fingerprint density at radius 2 is 1.00 bits per heavy atom. The predicted octanol–water partition coefficient (Wildman–Crippen LogP) is 11.4. The maximum absolute atomic E-state index is 5.13. The fraction of sp³-hybridized carbons (Fsp3) is 0.529. The zero-order chi connectivity index (χ0) is 25.9. The molecule has 1 rings (SSSR count). The van der Waals surface area contributed by atoms with E-state index >= 15 is 0 Å². The van der Waals surface area contributed by atoms with Crippen molar-refractivity contribution in [3.8, 4) is 0 Å². The monoisotopic (exact) mass is 476 g/mol. The molecule has 1 heterocycles. The molecule has 0 aliphatic heterocycles. The Morgan fingerprint density at radius 3 is 1.40 bits per heavy atom. The van der Waals surface area contributed by atoms with Crippen molar-refractivity contribution >= 4 is 0 Å². The highest BCUT2D eigenvalue weighted by molar-refractivity contribution is 5.11. The summed E-state index contributed by atoms with van der Waals surface area (Å²) in [6.45, 7) is 15.7. The summed E-state index contributed by atoms with van der Waals surface area (Å²) in [5, 5.41) is 0. The third-order valence-corrected chi connectivity index (χ3v) is 6.46. The van der Waals surface area contributed by atoms with E-state index in [1.165, 1.54) is 58.3 Å². The molecule has 0 unspecified atom stereocenters. The van der Waals surface area contributed by atoms with Gasteiger partial charge in [0.15, 0.2) is 0 Å². The quantitative estimate of drug-likeness (QED) is 0.204. The largest absolute Gasteiger partial charge is 0.472 e. The zero-order valence-corrected chi connectivity index (χ0v) is 23.9. The maximum atomic E-state index is 5.13. The van der Waals surface area contributed by atoms with Gasteiger partial charge in [-0.1, -0.05) is 69.9 Å². The third kappa shape index (κ3) is 17.8. The topological polar surface area (TPSA) is 13.1 Å². The SMILES string of the molecule is CC(C)=CCC(C)=CCCC(C)=CCCC(C)=CCCC(C)=CCCC(C)=CCCc1ccoc1. The molecule has 1 aromatic heterocycles. The van der Waals surface area contributed by atoms with Crippen LogP contribution in [0.5, 0.6) is 0 Å². The molecule has 0 aromatic carbocycles. The Morgan fingerprint density at radius 1 is 0.571 bits per heavy atom. The maximum Gasteiger partial charge on any atom is 0.0934 e. The first-order valence-corrected chi connectivity index (χ1v) is 13.7. The molecular formula is C34H52O. The van der Waals surface area contributed by atoms with Crippen molar-refractivity contribution < 1.29 is 4.42 Å². The summed E-state index contributed by atoms with van der Waals surface area (Å²) in [7, 11) is 0. The molecule has 0 spiro atoms. The van der Waals surface area contributed by atoms with Gasteiger partial charge >= 0.3 is 0 Å². The Labute approximate surface area is 217 Å². The Balaban J connectivity index is 2.20. The first-order chi connectivity index (χ1) is 16.8. The third-order valence-electron chi connectivity index (χ3n) is 6.46. The highest BCUT2D eigenvalue weighted by Gasteiger charge is 1.96. The summed E-state index contributed by atoms with van der Waals surface area (Å²) >= 11 is 0. The van der Waals surface area contributed by atoms with Crippen molar-refractivity contribution in [3.05, 3.63) is 94.1 Å². The standard InChI is InChI=1S/C34H52O/c1-28(2)23-24-33(7)20-11-19-31(5)16-9-15-29(3)13-8-14-30(4)17-10-18-32(6)21-12-22-34-25-26-35-27-34/h13,16-17,20-21,23,25-27H,8-12,14-15,18-19,22,24H2,1-7H3. The van der Waals surface area contributed by atoms with E-state index in [4.69, 9.17) is 4.42 Å². The van der Waals surface area contributed by atoms with Crippen LogP contribution in [0.1, 0.15) is 118 Å². The molecule has 0 radical (unpaired) electrons. The number of rotatable bonds is 17. The minimum absolute atomic E-state index is 1.07. The fourth-order valence-corrected chi connectivity index (χ4v) is 3.96. The molecule has 194 valence electrons. The van der Waals surface area contributed by atoms with Gasteiger partial charge in [0.25, 0.3) is 0 Å². The Kier molecular flexibility index (Phi) is 16.7. The molecule has 0 bridgehead atoms. The molecule has 0 aliphatic carbocycles. The van der Waals surface area contributed by atoms with Crippen LogP contribution in [0.4, 0.5) is 0 Å².